The van der Waals surface area contributed by atoms with Crippen molar-refractivity contribution in [2.24, 2.45) is 0 Å². The van der Waals surface area contributed by atoms with E-state index in [1.54, 1.807) is 0 Å². The third-order valence-corrected chi connectivity index (χ3v) is 3.29. The molecule has 2 atom stereocenters. The van der Waals surface area contributed by atoms with Crippen LogP contribution in [0.2, 0.25) is 0 Å². The van der Waals surface area contributed by atoms with Crippen molar-refractivity contribution in [3.8, 4) is 0 Å². The maximum Gasteiger partial charge on any atom is 0.117 e. The molecule has 2 saturated heterocycles. The van der Waals surface area contributed by atoms with E-state index in [1.165, 1.54) is 0 Å². The molecular formula is C11H23N4O. The number of hydrogen-bond acceptors (Lipinski definition) is 5. The van der Waals surface area contributed by atoms with Crippen molar-refractivity contribution in [1.29, 1.82) is 0 Å². The summed E-state index contributed by atoms with van der Waals surface area (Å²) >= 11 is 0. The summed E-state index contributed by atoms with van der Waals surface area (Å²) in [5.41, 5.74) is 0. The van der Waals surface area contributed by atoms with Gasteiger partial charge in [0.15, 0.2) is 0 Å². The van der Waals surface area contributed by atoms with Crippen LogP contribution >= 0.6 is 0 Å². The van der Waals surface area contributed by atoms with Gasteiger partial charge < -0.3 is 10.1 Å². The highest BCUT2D eigenvalue weighted by Crippen LogP contribution is 2.18. The molecule has 2 rings (SSSR count). The van der Waals surface area contributed by atoms with Crippen LogP contribution in [0.5, 0.6) is 0 Å². The highest BCUT2D eigenvalue weighted by molar-refractivity contribution is 4.84. The van der Waals surface area contributed by atoms with E-state index < -0.39 is 0 Å². The Morgan fingerprint density at radius 3 is 2.81 bits per heavy atom. The Hall–Kier alpha value is -0.200. The number of morpholine rings is 1. The molecule has 2 fully saturated rings. The monoisotopic (exact) mass is 227 g/mol. The van der Waals surface area contributed by atoms with Crippen LogP contribution in [-0.4, -0.2) is 74.0 Å². The van der Waals surface area contributed by atoms with E-state index in [2.05, 4.69) is 41.3 Å². The molecule has 2 unspecified atom stereocenters. The third-order valence-electron chi connectivity index (χ3n) is 3.29. The Bertz CT molecular complexity index is 224. The zero-order valence-electron chi connectivity index (χ0n) is 10.5. The number of likely N-dealkylation sites (N-methyl/N-ethyl adjacent to an activating group) is 1. The molecular weight excluding hydrogens is 204 g/mol. The van der Waals surface area contributed by atoms with Crippen LogP contribution in [-0.2, 0) is 4.74 Å². The van der Waals surface area contributed by atoms with Crippen LogP contribution in [0, 0.1) is 6.61 Å². The molecule has 0 aromatic heterocycles. The predicted octanol–water partition coefficient (Wildman–Crippen LogP) is -0.423. The van der Waals surface area contributed by atoms with E-state index in [-0.39, 0.29) is 6.17 Å². The fourth-order valence-corrected chi connectivity index (χ4v) is 2.38. The summed E-state index contributed by atoms with van der Waals surface area (Å²) in [5, 5.41) is 8.32. The van der Waals surface area contributed by atoms with Crippen LogP contribution in [0.3, 0.4) is 0 Å². The first-order chi connectivity index (χ1) is 7.70. The summed E-state index contributed by atoms with van der Waals surface area (Å²) < 4.78 is 5.45. The first-order valence-corrected chi connectivity index (χ1v) is 6.05. The van der Waals surface area contributed by atoms with Crippen molar-refractivity contribution in [3.05, 3.63) is 6.61 Å². The van der Waals surface area contributed by atoms with Gasteiger partial charge in [-0.1, -0.05) is 0 Å². The van der Waals surface area contributed by atoms with Crippen molar-refractivity contribution in [2.45, 2.75) is 19.1 Å². The molecule has 0 aromatic carbocycles. The van der Waals surface area contributed by atoms with E-state index in [9.17, 15) is 0 Å². The van der Waals surface area contributed by atoms with Gasteiger partial charge in [0.05, 0.1) is 6.61 Å². The Morgan fingerprint density at radius 1 is 1.31 bits per heavy atom. The second-order valence-electron chi connectivity index (χ2n) is 4.76. The van der Waals surface area contributed by atoms with Crippen molar-refractivity contribution in [1.82, 2.24) is 20.2 Å². The number of nitrogens with zero attached hydrogens (tertiary/aromatic N) is 3. The quantitative estimate of drug-likeness (QED) is 0.692. The van der Waals surface area contributed by atoms with Gasteiger partial charge >= 0.3 is 0 Å². The van der Waals surface area contributed by atoms with Crippen molar-refractivity contribution in [2.75, 3.05) is 46.9 Å². The van der Waals surface area contributed by atoms with Gasteiger partial charge in [-0.2, -0.15) is 0 Å². The fourth-order valence-electron chi connectivity index (χ4n) is 2.38. The second kappa shape index (κ2) is 5.42. The molecule has 0 bridgehead atoms. The number of hydrazine groups is 1. The number of ether oxygens (including phenoxy) is 1. The maximum atomic E-state index is 5.45. The molecule has 0 aromatic rings. The Labute approximate surface area is 98.3 Å². The van der Waals surface area contributed by atoms with Gasteiger partial charge in [-0.15, -0.1) is 0 Å². The summed E-state index contributed by atoms with van der Waals surface area (Å²) in [4.78, 5) is 2.19. The minimum atomic E-state index is 0.259. The maximum absolute atomic E-state index is 5.45. The van der Waals surface area contributed by atoms with Gasteiger partial charge in [0.1, 0.15) is 12.8 Å². The number of rotatable bonds is 2. The van der Waals surface area contributed by atoms with E-state index >= 15 is 0 Å². The highest BCUT2D eigenvalue weighted by Gasteiger charge is 2.33. The average Bonchev–Trinajstić information content (AvgIpc) is 2.29. The second-order valence-corrected chi connectivity index (χ2v) is 4.76. The lowest BCUT2D eigenvalue weighted by atomic mass is 10.2. The van der Waals surface area contributed by atoms with E-state index in [4.69, 9.17) is 4.74 Å². The van der Waals surface area contributed by atoms with Crippen LogP contribution in [0.15, 0.2) is 0 Å². The Kier molecular flexibility index (Phi) is 4.16. The summed E-state index contributed by atoms with van der Waals surface area (Å²) in [6.07, 6.45) is 0.259. The lowest BCUT2D eigenvalue weighted by Crippen LogP contribution is -2.64. The van der Waals surface area contributed by atoms with Crippen molar-refractivity contribution < 1.29 is 4.74 Å². The topological polar surface area (TPSA) is 31.0 Å². The molecule has 93 valence electrons. The van der Waals surface area contributed by atoms with Crippen LogP contribution in [0.1, 0.15) is 6.92 Å². The van der Waals surface area contributed by atoms with Crippen LogP contribution in [0.4, 0.5) is 0 Å². The van der Waals surface area contributed by atoms with Gasteiger partial charge in [0.2, 0.25) is 0 Å². The lowest BCUT2D eigenvalue weighted by molar-refractivity contribution is -0.163. The highest BCUT2D eigenvalue weighted by atomic mass is 16.5. The lowest BCUT2D eigenvalue weighted by Gasteiger charge is -2.48. The number of nitrogens with one attached hydrogen (secondary N) is 1. The summed E-state index contributed by atoms with van der Waals surface area (Å²) in [7, 11) is 4.19. The smallest absolute Gasteiger partial charge is 0.117 e. The molecule has 2 aliphatic rings. The normalized spacial score (nSPS) is 34.5. The summed E-state index contributed by atoms with van der Waals surface area (Å²) in [5.74, 6) is 0. The standard InChI is InChI=1S/C11H23N4O/c1-10-8-12-4-5-14(10)15-6-7-16-9-11(15)13(2)3/h9-12H,4-8H2,1-3H3. The number of hydrogen-bond donors (Lipinski definition) is 1. The zero-order valence-corrected chi connectivity index (χ0v) is 10.5. The molecule has 1 radical (unpaired) electrons. The minimum absolute atomic E-state index is 0.259. The fraction of sp³-hybridized carbons (Fsp3) is 0.909. The number of piperazine rings is 1. The van der Waals surface area contributed by atoms with Gasteiger partial charge in [-0.25, -0.2) is 10.0 Å². The average molecular weight is 227 g/mol. The molecule has 0 aliphatic carbocycles. The molecule has 1 N–H and O–H groups in total. The van der Waals surface area contributed by atoms with E-state index in [0.29, 0.717) is 6.04 Å². The molecule has 5 heteroatoms. The first kappa shape index (κ1) is 12.3. The third kappa shape index (κ3) is 2.55. The van der Waals surface area contributed by atoms with Crippen LogP contribution < -0.4 is 5.32 Å². The molecule has 2 aliphatic heterocycles. The van der Waals surface area contributed by atoms with E-state index in [1.807, 2.05) is 6.61 Å². The first-order valence-electron chi connectivity index (χ1n) is 6.05. The zero-order chi connectivity index (χ0) is 11.5. The molecule has 5 nitrogen and oxygen atoms in total. The molecule has 0 spiro atoms. The minimum Gasteiger partial charge on any atom is -0.371 e. The van der Waals surface area contributed by atoms with Crippen molar-refractivity contribution in [3.63, 3.8) is 0 Å². The van der Waals surface area contributed by atoms with Gasteiger partial charge in [-0.3, -0.25) is 4.90 Å². The SMILES string of the molecule is CC1CNCCN1N1CCO[CH]C1N(C)C. The van der Waals surface area contributed by atoms with Gasteiger partial charge in [0.25, 0.3) is 0 Å². The molecule has 2 heterocycles. The Morgan fingerprint density at radius 2 is 2.12 bits per heavy atom. The van der Waals surface area contributed by atoms with Gasteiger partial charge in [0, 0.05) is 32.2 Å². The Balaban J connectivity index is 2.03. The summed E-state index contributed by atoms with van der Waals surface area (Å²) in [6.45, 7) is 9.20. The predicted molar refractivity (Wildman–Crippen MR) is 63.5 cm³/mol. The van der Waals surface area contributed by atoms with Crippen molar-refractivity contribution >= 4 is 0 Å². The largest absolute Gasteiger partial charge is 0.371 e. The van der Waals surface area contributed by atoms with Crippen LogP contribution in [0.25, 0.3) is 0 Å². The summed E-state index contributed by atoms with van der Waals surface area (Å²) in [6, 6.07) is 0.558. The molecule has 16 heavy (non-hydrogen) atoms. The molecule has 0 saturated carbocycles. The molecule has 0 amide bonds. The van der Waals surface area contributed by atoms with Gasteiger partial charge in [-0.05, 0) is 21.0 Å². The van der Waals surface area contributed by atoms with E-state index in [0.717, 1.165) is 32.8 Å².